The van der Waals surface area contributed by atoms with Gasteiger partial charge in [-0.3, -0.25) is 14.5 Å². The van der Waals surface area contributed by atoms with Gasteiger partial charge in [-0.1, -0.05) is 124 Å². The van der Waals surface area contributed by atoms with Crippen LogP contribution in [0, 0.1) is 5.92 Å². The van der Waals surface area contributed by atoms with E-state index in [1.165, 1.54) is 29.0 Å². The molecule has 1 saturated heterocycles. The Morgan fingerprint density at radius 2 is 1.44 bits per heavy atom. The molecule has 0 aliphatic carbocycles. The number of thiophene rings is 1. The molecule has 13 nitrogen and oxygen atoms in total. The van der Waals surface area contributed by atoms with Crippen molar-refractivity contribution in [3.05, 3.63) is 194 Å². The summed E-state index contributed by atoms with van der Waals surface area (Å²) < 4.78 is 19.0. The lowest BCUT2D eigenvalue weighted by Gasteiger charge is -2.41. The summed E-state index contributed by atoms with van der Waals surface area (Å²) >= 11 is 1.53. The largest absolute Gasteiger partial charge is 0.506 e. The number of phenols is 1. The lowest BCUT2D eigenvalue weighted by Crippen LogP contribution is -2.45. The van der Waals surface area contributed by atoms with Gasteiger partial charge in [0, 0.05) is 39.9 Å². The number of fused-ring (bicyclic) bond motifs is 1. The Morgan fingerprint density at radius 3 is 2.09 bits per heavy atom. The number of likely N-dealkylation sites (tertiary alicyclic amines) is 1. The van der Waals surface area contributed by atoms with Crippen LogP contribution in [0.5, 0.6) is 5.75 Å². The first-order valence-corrected chi connectivity index (χ1v) is 30.1. The SMILES string of the molecule is CC(C)(C)OC(=O)N(Cc1ccc(C(=O)NCc2ccc(-c3ccc(C(O)(C(=O)OCC4CCN(Cc5ccccc5)CC4)c4ccccc4)cc3)s2)cc1)C[C@H](O[Si](C)(C)C(C)(C)C)c1ccc(O)c2[nH]c(=O)ccc12. The van der Waals surface area contributed by atoms with Gasteiger partial charge in [0.15, 0.2) is 8.32 Å². The average molecular weight is 1080 g/mol. The number of hydrogen-bond donors (Lipinski definition) is 4. The van der Waals surface area contributed by atoms with Gasteiger partial charge in [0.25, 0.3) is 5.91 Å². The molecule has 404 valence electrons. The molecule has 0 spiro atoms. The number of carbonyl (C=O) groups is 3. The lowest BCUT2D eigenvalue weighted by atomic mass is 9.85. The van der Waals surface area contributed by atoms with Crippen molar-refractivity contribution in [1.29, 1.82) is 0 Å². The zero-order chi connectivity index (χ0) is 55.1. The van der Waals surface area contributed by atoms with Crippen molar-refractivity contribution < 1.29 is 38.5 Å². The zero-order valence-electron chi connectivity index (χ0n) is 45.4. The number of carbonyl (C=O) groups excluding carboxylic acids is 3. The maximum absolute atomic E-state index is 14.1. The van der Waals surface area contributed by atoms with Crippen LogP contribution in [0.15, 0.2) is 150 Å². The van der Waals surface area contributed by atoms with Crippen LogP contribution in [0.25, 0.3) is 21.3 Å². The van der Waals surface area contributed by atoms with Crippen LogP contribution in [-0.2, 0) is 43.9 Å². The smallest absolute Gasteiger partial charge is 0.410 e. The van der Waals surface area contributed by atoms with E-state index in [-0.39, 0.29) is 59.9 Å². The number of pyridine rings is 1. The Morgan fingerprint density at radius 1 is 0.792 bits per heavy atom. The number of rotatable bonds is 18. The van der Waals surface area contributed by atoms with Gasteiger partial charge < -0.3 is 39.3 Å². The second-order valence-electron chi connectivity index (χ2n) is 22.6. The number of amides is 2. The van der Waals surface area contributed by atoms with Gasteiger partial charge in [0.05, 0.1) is 31.3 Å². The monoisotopic (exact) mass is 1080 g/mol. The number of aromatic amines is 1. The van der Waals surface area contributed by atoms with Gasteiger partial charge in [0.2, 0.25) is 11.2 Å². The second-order valence-corrected chi connectivity index (χ2v) is 28.5. The minimum Gasteiger partial charge on any atom is -0.506 e. The second kappa shape index (κ2) is 23.8. The van der Waals surface area contributed by atoms with Crippen molar-refractivity contribution >= 4 is 48.5 Å². The summed E-state index contributed by atoms with van der Waals surface area (Å²) in [5.41, 5.74) is 2.06. The van der Waals surface area contributed by atoms with E-state index in [4.69, 9.17) is 13.9 Å². The number of benzene rings is 5. The molecule has 7 aromatic rings. The number of H-pyrrole nitrogens is 1. The minimum atomic E-state index is -2.49. The van der Waals surface area contributed by atoms with Crippen LogP contribution in [0.3, 0.4) is 0 Å². The predicted molar refractivity (Wildman–Crippen MR) is 306 cm³/mol. The quantitative estimate of drug-likeness (QED) is 0.0479. The molecule has 0 saturated carbocycles. The Bertz CT molecular complexity index is 3200. The number of nitrogens with one attached hydrogen (secondary N) is 2. The van der Waals surface area contributed by atoms with E-state index in [1.54, 1.807) is 65.6 Å². The summed E-state index contributed by atoms with van der Waals surface area (Å²) in [6.07, 6.45) is 0.603. The highest BCUT2D eigenvalue weighted by Gasteiger charge is 2.43. The van der Waals surface area contributed by atoms with Gasteiger partial charge >= 0.3 is 12.1 Å². The third-order valence-electron chi connectivity index (χ3n) is 14.7. The number of piperidine rings is 1. The highest BCUT2D eigenvalue weighted by Crippen LogP contribution is 2.42. The van der Waals surface area contributed by atoms with Crippen molar-refractivity contribution in [2.45, 2.75) is 109 Å². The van der Waals surface area contributed by atoms with Crippen molar-refractivity contribution in [1.82, 2.24) is 20.1 Å². The molecular weight excluding hydrogens is 1000 g/mol. The average Bonchev–Trinajstić information content (AvgIpc) is 3.92. The number of hydrogen-bond acceptors (Lipinski definition) is 11. The molecule has 0 radical (unpaired) electrons. The molecule has 2 atom stereocenters. The first kappa shape index (κ1) is 56.3. The molecule has 2 amide bonds. The molecule has 1 unspecified atom stereocenters. The molecule has 1 aliphatic rings. The van der Waals surface area contributed by atoms with Gasteiger partial charge in [-0.2, -0.15) is 0 Å². The predicted octanol–water partition coefficient (Wildman–Crippen LogP) is 12.1. The van der Waals surface area contributed by atoms with Crippen LogP contribution >= 0.6 is 11.3 Å². The summed E-state index contributed by atoms with van der Waals surface area (Å²) in [6, 6.07) is 44.1. The number of ether oxygens (including phenoxy) is 2. The Kier molecular flexibility index (Phi) is 17.4. The van der Waals surface area contributed by atoms with Crippen LogP contribution in [0.4, 0.5) is 4.79 Å². The number of nitrogens with zero attached hydrogens (tertiary/aromatic N) is 2. The topological polar surface area (TPSA) is 171 Å². The maximum atomic E-state index is 14.1. The van der Waals surface area contributed by atoms with E-state index in [9.17, 15) is 29.4 Å². The van der Waals surface area contributed by atoms with E-state index in [1.807, 2.05) is 69.3 Å². The van der Waals surface area contributed by atoms with Crippen LogP contribution < -0.4 is 10.9 Å². The molecule has 4 N–H and O–H groups in total. The van der Waals surface area contributed by atoms with Gasteiger partial charge in [-0.15, -0.1) is 11.3 Å². The zero-order valence-corrected chi connectivity index (χ0v) is 47.2. The van der Waals surface area contributed by atoms with E-state index in [2.05, 4.69) is 73.3 Å². The van der Waals surface area contributed by atoms with Crippen LogP contribution in [-0.4, -0.2) is 83.1 Å². The summed E-state index contributed by atoms with van der Waals surface area (Å²) in [4.78, 5) is 62.6. The summed E-state index contributed by atoms with van der Waals surface area (Å²) in [5.74, 6) is -0.832. The van der Waals surface area contributed by atoms with Crippen molar-refractivity contribution in [3.8, 4) is 16.2 Å². The number of phenolic OH excluding ortho intramolecular Hbond substituents is 1. The van der Waals surface area contributed by atoms with Crippen molar-refractivity contribution in [2.24, 2.45) is 5.92 Å². The van der Waals surface area contributed by atoms with E-state index >= 15 is 0 Å². The molecule has 0 bridgehead atoms. The van der Waals surface area contributed by atoms with Gasteiger partial charge in [-0.05, 0) is 141 Å². The van der Waals surface area contributed by atoms with Gasteiger partial charge in [-0.25, -0.2) is 9.59 Å². The number of aromatic hydroxyl groups is 1. The molecule has 77 heavy (non-hydrogen) atoms. The number of esters is 1. The molecule has 1 aliphatic heterocycles. The van der Waals surface area contributed by atoms with E-state index in [0.717, 1.165) is 53.4 Å². The molecule has 15 heteroatoms. The standard InChI is InChI=1S/C62H72N4O9SSi/c1-60(2,3)74-59(71)66(40-53(75-77(7,8)61(4,5)6)50-28-30-52(67)56-51(50)29-32-55(68)64-56)39-43-19-21-46(22-20-43)57(69)63-37-49-27-31-54(76-49)45-23-25-48(26-24-45)62(72,47-17-13-10-14-18-47)58(70)73-41-44-33-35-65(36-34-44)38-42-15-11-9-12-16-42/h9-32,44,53,67,72H,33-41H2,1-8H3,(H,63,69)(H,64,68)/t53-,62?/m0/s1. The normalized spacial score (nSPS) is 14.9. The first-order chi connectivity index (χ1) is 36.6. The molecule has 3 heterocycles. The fraction of sp³-hybridized carbons (Fsp3) is 0.355. The third-order valence-corrected chi connectivity index (χ3v) is 20.3. The summed E-state index contributed by atoms with van der Waals surface area (Å²) in [6.45, 7) is 19.6. The number of aliphatic hydroxyl groups is 1. The minimum absolute atomic E-state index is 0.0730. The highest BCUT2D eigenvalue weighted by atomic mass is 32.1. The molecule has 5 aromatic carbocycles. The van der Waals surface area contributed by atoms with E-state index < -0.39 is 37.7 Å². The van der Waals surface area contributed by atoms with Crippen molar-refractivity contribution in [3.63, 3.8) is 0 Å². The Balaban J connectivity index is 0.910. The third kappa shape index (κ3) is 14.0. The Labute approximate surface area is 457 Å². The number of aromatic nitrogens is 1. The lowest BCUT2D eigenvalue weighted by molar-refractivity contribution is -0.164. The van der Waals surface area contributed by atoms with Crippen LogP contribution in [0.2, 0.25) is 18.1 Å². The van der Waals surface area contributed by atoms with Crippen LogP contribution in [0.1, 0.15) is 104 Å². The summed E-state index contributed by atoms with van der Waals surface area (Å²) in [7, 11) is -2.49. The molecule has 1 fully saturated rings. The molecular formula is C62H72N4O9SSi. The first-order valence-electron chi connectivity index (χ1n) is 26.3. The van der Waals surface area contributed by atoms with E-state index in [0.29, 0.717) is 27.6 Å². The van der Waals surface area contributed by atoms with Crippen molar-refractivity contribution in [2.75, 3.05) is 26.2 Å². The molecule has 2 aromatic heterocycles. The maximum Gasteiger partial charge on any atom is 0.410 e. The highest BCUT2D eigenvalue weighted by molar-refractivity contribution is 7.15. The fourth-order valence-corrected chi connectivity index (χ4v) is 11.5. The fourth-order valence-electron chi connectivity index (χ4n) is 9.29. The molecule has 8 rings (SSSR count). The summed E-state index contributed by atoms with van der Waals surface area (Å²) in [5, 5.41) is 26.5. The Hall–Kier alpha value is -6.88. The van der Waals surface area contributed by atoms with Gasteiger partial charge in [0.1, 0.15) is 11.4 Å².